The fraction of sp³-hybridized carbons (Fsp3) is 0.100. The first kappa shape index (κ1) is 13.4. The number of nitrogens with one attached hydrogen (secondary N) is 2. The number of rotatable bonds is 3. The normalized spacial score (nSPS) is 11.5. The Balaban J connectivity index is 2.45. The van der Waals surface area contributed by atoms with Gasteiger partial charge < -0.3 is 10.7 Å². The number of halogens is 3. The molecule has 0 saturated heterocycles. The molecule has 9 heteroatoms. The summed E-state index contributed by atoms with van der Waals surface area (Å²) in [6.07, 6.45) is -1.56. The fourth-order valence-electron chi connectivity index (χ4n) is 1.28. The minimum Gasteiger partial charge on any atom is -0.384 e. The summed E-state index contributed by atoms with van der Waals surface area (Å²) in [6, 6.07) is 1.92. The van der Waals surface area contributed by atoms with Crippen molar-refractivity contribution in [3.05, 3.63) is 35.8 Å². The Bertz CT molecular complexity index is 594. The Morgan fingerprint density at radius 2 is 2.11 bits per heavy atom. The number of nitrogens with zero attached hydrogens (tertiary/aromatic N) is 2. The third kappa shape index (κ3) is 3.05. The van der Waals surface area contributed by atoms with Crippen molar-refractivity contribution in [3.8, 4) is 0 Å². The quantitative estimate of drug-likeness (QED) is 0.596. The summed E-state index contributed by atoms with van der Waals surface area (Å²) in [4.78, 5) is 10.1. The number of hydrogen-bond donors (Lipinski definition) is 3. The first-order valence-corrected chi connectivity index (χ1v) is 5.79. The van der Waals surface area contributed by atoms with Gasteiger partial charge in [-0.2, -0.15) is 13.2 Å². The fourth-order valence-corrected chi connectivity index (χ4v) is 2.13. The van der Waals surface area contributed by atoms with E-state index in [1.54, 1.807) is 0 Å². The molecule has 0 aliphatic heterocycles. The molecular formula is C10H8F3N5S. The highest BCUT2D eigenvalue weighted by atomic mass is 32.2. The minimum atomic E-state index is -4.55. The van der Waals surface area contributed by atoms with Gasteiger partial charge in [-0.15, -0.1) is 0 Å². The summed E-state index contributed by atoms with van der Waals surface area (Å²) in [5.41, 5.74) is 4.42. The number of nitrogen functional groups attached to an aromatic ring is 1. The monoisotopic (exact) mass is 287 g/mol. The van der Waals surface area contributed by atoms with Crippen LogP contribution >= 0.6 is 11.8 Å². The van der Waals surface area contributed by atoms with Crippen molar-refractivity contribution < 1.29 is 13.2 Å². The third-order valence-electron chi connectivity index (χ3n) is 2.11. The maximum atomic E-state index is 12.6. The third-order valence-corrected chi connectivity index (χ3v) is 3.03. The number of alkyl halides is 3. The Hall–Kier alpha value is -2.03. The molecule has 2 heterocycles. The predicted octanol–water partition coefficient (Wildman–Crippen LogP) is 2.26. The van der Waals surface area contributed by atoms with Gasteiger partial charge in [0, 0.05) is 18.0 Å². The van der Waals surface area contributed by atoms with Crippen LogP contribution in [-0.2, 0) is 6.18 Å². The number of pyridine rings is 1. The molecule has 100 valence electrons. The van der Waals surface area contributed by atoms with Crippen molar-refractivity contribution in [2.75, 3.05) is 0 Å². The molecule has 2 aromatic rings. The maximum Gasteiger partial charge on any atom is 0.433 e. The first-order valence-electron chi connectivity index (χ1n) is 4.98. The second-order valence-corrected chi connectivity index (χ2v) is 4.43. The van der Waals surface area contributed by atoms with Gasteiger partial charge in [0.05, 0.1) is 0 Å². The van der Waals surface area contributed by atoms with Crippen molar-refractivity contribution in [1.29, 1.82) is 5.41 Å². The van der Waals surface area contributed by atoms with Crippen LogP contribution in [-0.4, -0.2) is 20.8 Å². The largest absolute Gasteiger partial charge is 0.433 e. The van der Waals surface area contributed by atoms with E-state index in [1.807, 2.05) is 0 Å². The van der Waals surface area contributed by atoms with E-state index in [2.05, 4.69) is 15.0 Å². The number of imidazole rings is 1. The number of amidine groups is 1. The van der Waals surface area contributed by atoms with E-state index in [0.29, 0.717) is 5.16 Å². The van der Waals surface area contributed by atoms with Crippen LogP contribution in [0.5, 0.6) is 0 Å². The van der Waals surface area contributed by atoms with E-state index in [0.717, 1.165) is 23.9 Å². The number of H-pyrrole nitrogens is 1. The van der Waals surface area contributed by atoms with Gasteiger partial charge >= 0.3 is 6.18 Å². The average Bonchev–Trinajstić information content (AvgIpc) is 2.80. The van der Waals surface area contributed by atoms with Crippen molar-refractivity contribution in [3.63, 3.8) is 0 Å². The van der Waals surface area contributed by atoms with Gasteiger partial charge in [0.2, 0.25) is 0 Å². The highest BCUT2D eigenvalue weighted by Gasteiger charge is 2.33. The summed E-state index contributed by atoms with van der Waals surface area (Å²) >= 11 is 0.881. The van der Waals surface area contributed by atoms with Gasteiger partial charge in [-0.3, -0.25) is 5.41 Å². The summed E-state index contributed by atoms with van der Waals surface area (Å²) in [7, 11) is 0. The first-order chi connectivity index (χ1) is 8.88. The van der Waals surface area contributed by atoms with Crippen LogP contribution in [0.15, 0.2) is 34.7 Å². The number of hydrogen-bond acceptors (Lipinski definition) is 4. The lowest BCUT2D eigenvalue weighted by molar-refractivity contribution is -0.141. The lowest BCUT2D eigenvalue weighted by Gasteiger charge is -2.10. The molecule has 0 spiro atoms. The van der Waals surface area contributed by atoms with E-state index < -0.39 is 11.9 Å². The number of aromatic nitrogens is 3. The zero-order valence-electron chi connectivity index (χ0n) is 9.32. The smallest absolute Gasteiger partial charge is 0.384 e. The van der Waals surface area contributed by atoms with Gasteiger partial charge in [0.1, 0.15) is 16.6 Å². The van der Waals surface area contributed by atoms with Crippen molar-refractivity contribution in [2.45, 2.75) is 16.4 Å². The second-order valence-electron chi connectivity index (χ2n) is 3.46. The van der Waals surface area contributed by atoms with Crippen LogP contribution in [0.1, 0.15) is 11.3 Å². The number of aromatic amines is 1. The van der Waals surface area contributed by atoms with Crippen LogP contribution < -0.4 is 5.73 Å². The van der Waals surface area contributed by atoms with E-state index in [4.69, 9.17) is 11.1 Å². The molecule has 0 atom stereocenters. The lowest BCUT2D eigenvalue weighted by Crippen LogP contribution is -2.16. The molecule has 2 aromatic heterocycles. The van der Waals surface area contributed by atoms with Crippen LogP contribution in [0.3, 0.4) is 0 Å². The molecule has 0 fully saturated rings. The van der Waals surface area contributed by atoms with Crippen molar-refractivity contribution in [2.24, 2.45) is 5.73 Å². The van der Waals surface area contributed by atoms with Gasteiger partial charge in [-0.05, 0) is 23.9 Å². The molecule has 0 saturated carbocycles. The van der Waals surface area contributed by atoms with Crippen LogP contribution in [0.4, 0.5) is 13.2 Å². The summed E-state index contributed by atoms with van der Waals surface area (Å²) in [5, 5.41) is 7.70. The summed E-state index contributed by atoms with van der Waals surface area (Å²) in [6.45, 7) is 0. The molecule has 0 amide bonds. The van der Waals surface area contributed by atoms with E-state index in [9.17, 15) is 13.2 Å². The minimum absolute atomic E-state index is 0.0164. The standard InChI is InChI=1S/C10H8F3N5S/c11-10(12,13)6-2-1-5(7(14)15)8(18-6)19-9-16-3-4-17-9/h1-4H,(H3,14,15)(H,16,17). The Kier molecular flexibility index (Phi) is 3.47. The molecule has 0 aliphatic carbocycles. The van der Waals surface area contributed by atoms with Gasteiger partial charge in [0.15, 0.2) is 5.16 Å². The zero-order valence-corrected chi connectivity index (χ0v) is 10.1. The van der Waals surface area contributed by atoms with Gasteiger partial charge in [0.25, 0.3) is 0 Å². The van der Waals surface area contributed by atoms with Gasteiger partial charge in [-0.25, -0.2) is 9.97 Å². The van der Waals surface area contributed by atoms with E-state index in [1.165, 1.54) is 12.4 Å². The number of nitrogens with two attached hydrogens (primary N) is 1. The molecule has 0 aliphatic rings. The molecular weight excluding hydrogens is 279 g/mol. The molecule has 5 nitrogen and oxygen atoms in total. The Morgan fingerprint density at radius 1 is 1.37 bits per heavy atom. The molecule has 2 rings (SSSR count). The molecule has 0 radical (unpaired) electrons. The van der Waals surface area contributed by atoms with Crippen molar-refractivity contribution in [1.82, 2.24) is 15.0 Å². The van der Waals surface area contributed by atoms with Crippen LogP contribution in [0.2, 0.25) is 0 Å². The SMILES string of the molecule is N=C(N)c1ccc(C(F)(F)F)nc1Sc1ncc[nH]1. The van der Waals surface area contributed by atoms with Crippen molar-refractivity contribution >= 4 is 17.6 Å². The molecule has 0 unspecified atom stereocenters. The van der Waals surface area contributed by atoms with Crippen LogP contribution in [0, 0.1) is 5.41 Å². The molecule has 19 heavy (non-hydrogen) atoms. The zero-order chi connectivity index (χ0) is 14.0. The molecule has 0 bridgehead atoms. The second kappa shape index (κ2) is 4.92. The maximum absolute atomic E-state index is 12.6. The highest BCUT2D eigenvalue weighted by Crippen LogP contribution is 2.32. The Morgan fingerprint density at radius 3 is 2.63 bits per heavy atom. The highest BCUT2D eigenvalue weighted by molar-refractivity contribution is 7.99. The summed E-state index contributed by atoms with van der Waals surface area (Å²) < 4.78 is 37.8. The van der Waals surface area contributed by atoms with E-state index >= 15 is 0 Å². The lowest BCUT2D eigenvalue weighted by atomic mass is 10.2. The average molecular weight is 287 g/mol. The van der Waals surface area contributed by atoms with Gasteiger partial charge in [-0.1, -0.05) is 0 Å². The topological polar surface area (TPSA) is 91.4 Å². The molecule has 0 aromatic carbocycles. The van der Waals surface area contributed by atoms with E-state index in [-0.39, 0.29) is 16.4 Å². The van der Waals surface area contributed by atoms with Crippen LogP contribution in [0.25, 0.3) is 0 Å². The Labute approximate surface area is 110 Å². The predicted molar refractivity (Wildman–Crippen MR) is 63.0 cm³/mol. The summed E-state index contributed by atoms with van der Waals surface area (Å²) in [5.74, 6) is -0.352. The molecule has 4 N–H and O–H groups in total.